The Kier molecular flexibility index (Phi) is 4.58. The molecule has 0 spiro atoms. The van der Waals surface area contributed by atoms with Crippen molar-refractivity contribution in [3.8, 4) is 0 Å². The molecule has 0 bridgehead atoms. The maximum atomic E-state index is 8.99. The Morgan fingerprint density at radius 1 is 1.67 bits per heavy atom. The molecule has 0 aromatic carbocycles. The minimum absolute atomic E-state index is 0.241. The molecule has 12 heavy (non-hydrogen) atoms. The topological polar surface area (TPSA) is 41.5 Å². The molecular formula is C9H19NO2. The Labute approximate surface area is 74.1 Å². The molecule has 2 N–H and O–H groups in total. The molecule has 1 rings (SSSR count). The van der Waals surface area contributed by atoms with E-state index in [4.69, 9.17) is 9.84 Å². The molecule has 2 atom stereocenters. The summed E-state index contributed by atoms with van der Waals surface area (Å²) in [4.78, 5) is 0. The number of ether oxygens (including phenoxy) is 1. The quantitative estimate of drug-likeness (QED) is 0.646. The SMILES string of the molecule is C[C@H](O)CNCC1CCCOC1. The summed E-state index contributed by atoms with van der Waals surface area (Å²) in [6.45, 7) is 5.27. The fourth-order valence-electron chi connectivity index (χ4n) is 1.46. The van der Waals surface area contributed by atoms with Crippen molar-refractivity contribution < 1.29 is 9.84 Å². The van der Waals surface area contributed by atoms with E-state index in [1.165, 1.54) is 12.8 Å². The molecule has 3 nitrogen and oxygen atoms in total. The van der Waals surface area contributed by atoms with Crippen molar-refractivity contribution in [2.75, 3.05) is 26.3 Å². The molecule has 0 radical (unpaired) electrons. The standard InChI is InChI=1S/C9H19NO2/c1-8(11)5-10-6-9-3-2-4-12-7-9/h8-11H,2-7H2,1H3/t8-,9?/m0/s1. The van der Waals surface area contributed by atoms with Gasteiger partial charge in [-0.05, 0) is 25.7 Å². The summed E-state index contributed by atoms with van der Waals surface area (Å²) in [5, 5.41) is 12.2. The van der Waals surface area contributed by atoms with Crippen LogP contribution in [0.4, 0.5) is 0 Å². The summed E-state index contributed by atoms with van der Waals surface area (Å²) in [6.07, 6.45) is 2.20. The third kappa shape index (κ3) is 4.04. The zero-order valence-electron chi connectivity index (χ0n) is 7.75. The van der Waals surface area contributed by atoms with Crippen LogP contribution in [0.5, 0.6) is 0 Å². The van der Waals surface area contributed by atoms with E-state index in [1.54, 1.807) is 6.92 Å². The monoisotopic (exact) mass is 173 g/mol. The maximum absolute atomic E-state index is 8.99. The second-order valence-electron chi connectivity index (χ2n) is 3.59. The highest BCUT2D eigenvalue weighted by atomic mass is 16.5. The number of nitrogens with one attached hydrogen (secondary N) is 1. The molecule has 0 aromatic heterocycles. The first kappa shape index (κ1) is 9.96. The van der Waals surface area contributed by atoms with Crippen LogP contribution in [0.15, 0.2) is 0 Å². The van der Waals surface area contributed by atoms with Crippen molar-refractivity contribution in [3.05, 3.63) is 0 Å². The third-order valence-electron chi connectivity index (χ3n) is 2.13. The van der Waals surface area contributed by atoms with Gasteiger partial charge in [0.1, 0.15) is 0 Å². The van der Waals surface area contributed by atoms with Gasteiger partial charge in [-0.3, -0.25) is 0 Å². The van der Waals surface area contributed by atoms with Crippen LogP contribution in [0, 0.1) is 5.92 Å². The predicted molar refractivity (Wildman–Crippen MR) is 48.1 cm³/mol. The largest absolute Gasteiger partial charge is 0.392 e. The van der Waals surface area contributed by atoms with Crippen LogP contribution in [-0.2, 0) is 4.74 Å². The molecule has 1 unspecified atom stereocenters. The maximum Gasteiger partial charge on any atom is 0.0636 e. The molecule has 1 heterocycles. The summed E-state index contributed by atoms with van der Waals surface area (Å²) in [5.74, 6) is 0.650. The Morgan fingerprint density at radius 2 is 2.50 bits per heavy atom. The van der Waals surface area contributed by atoms with Crippen molar-refractivity contribution in [1.29, 1.82) is 0 Å². The summed E-state index contributed by atoms with van der Waals surface area (Å²) in [6, 6.07) is 0. The first-order chi connectivity index (χ1) is 5.79. The Balaban J connectivity index is 1.98. The summed E-state index contributed by atoms with van der Waals surface area (Å²) in [5.41, 5.74) is 0. The Morgan fingerprint density at radius 3 is 3.08 bits per heavy atom. The average Bonchev–Trinajstić information content (AvgIpc) is 2.05. The van der Waals surface area contributed by atoms with E-state index >= 15 is 0 Å². The molecule has 72 valence electrons. The molecule has 1 aliphatic rings. The fraction of sp³-hybridized carbons (Fsp3) is 1.00. The fourth-order valence-corrected chi connectivity index (χ4v) is 1.46. The van der Waals surface area contributed by atoms with Crippen LogP contribution in [0.1, 0.15) is 19.8 Å². The Bertz CT molecular complexity index is 111. The van der Waals surface area contributed by atoms with Crippen LogP contribution in [0.3, 0.4) is 0 Å². The van der Waals surface area contributed by atoms with Crippen molar-refractivity contribution in [2.24, 2.45) is 5.92 Å². The van der Waals surface area contributed by atoms with Crippen molar-refractivity contribution in [2.45, 2.75) is 25.9 Å². The highest BCUT2D eigenvalue weighted by Crippen LogP contribution is 2.11. The highest BCUT2D eigenvalue weighted by molar-refractivity contribution is 4.66. The lowest BCUT2D eigenvalue weighted by Crippen LogP contribution is -2.33. The van der Waals surface area contributed by atoms with E-state index < -0.39 is 0 Å². The lowest BCUT2D eigenvalue weighted by atomic mass is 10.0. The van der Waals surface area contributed by atoms with Crippen LogP contribution >= 0.6 is 0 Å². The van der Waals surface area contributed by atoms with Crippen LogP contribution < -0.4 is 5.32 Å². The molecule has 3 heteroatoms. The lowest BCUT2D eigenvalue weighted by Gasteiger charge is -2.22. The first-order valence-electron chi connectivity index (χ1n) is 4.75. The van der Waals surface area contributed by atoms with Gasteiger partial charge < -0.3 is 15.2 Å². The molecule has 0 amide bonds. The van der Waals surface area contributed by atoms with Crippen molar-refractivity contribution >= 4 is 0 Å². The first-order valence-corrected chi connectivity index (χ1v) is 4.75. The number of hydrogen-bond donors (Lipinski definition) is 2. The number of rotatable bonds is 4. The van der Waals surface area contributed by atoms with E-state index in [1.807, 2.05) is 0 Å². The highest BCUT2D eigenvalue weighted by Gasteiger charge is 2.12. The zero-order valence-corrected chi connectivity index (χ0v) is 7.75. The molecule has 0 aromatic rings. The molecular weight excluding hydrogens is 154 g/mol. The van der Waals surface area contributed by atoms with Crippen molar-refractivity contribution in [1.82, 2.24) is 5.32 Å². The number of aliphatic hydroxyl groups excluding tert-OH is 1. The van der Waals surface area contributed by atoms with E-state index in [0.29, 0.717) is 12.5 Å². The van der Waals surface area contributed by atoms with Gasteiger partial charge in [0.2, 0.25) is 0 Å². The smallest absolute Gasteiger partial charge is 0.0636 e. The van der Waals surface area contributed by atoms with Gasteiger partial charge in [-0.2, -0.15) is 0 Å². The lowest BCUT2D eigenvalue weighted by molar-refractivity contribution is 0.0536. The van der Waals surface area contributed by atoms with Crippen LogP contribution in [0.25, 0.3) is 0 Å². The van der Waals surface area contributed by atoms with Gasteiger partial charge in [-0.1, -0.05) is 0 Å². The van der Waals surface area contributed by atoms with Gasteiger partial charge >= 0.3 is 0 Å². The van der Waals surface area contributed by atoms with Crippen LogP contribution in [0.2, 0.25) is 0 Å². The molecule has 1 fully saturated rings. The molecule has 1 saturated heterocycles. The second kappa shape index (κ2) is 5.51. The minimum atomic E-state index is -0.241. The zero-order chi connectivity index (χ0) is 8.81. The molecule has 1 aliphatic heterocycles. The second-order valence-corrected chi connectivity index (χ2v) is 3.59. The van der Waals surface area contributed by atoms with Gasteiger partial charge in [-0.15, -0.1) is 0 Å². The molecule has 0 aliphatic carbocycles. The van der Waals surface area contributed by atoms with E-state index in [2.05, 4.69) is 5.32 Å². The van der Waals surface area contributed by atoms with Gasteiger partial charge in [0.15, 0.2) is 0 Å². The molecule has 0 saturated carbocycles. The van der Waals surface area contributed by atoms with Crippen LogP contribution in [-0.4, -0.2) is 37.5 Å². The summed E-state index contributed by atoms with van der Waals surface area (Å²) >= 11 is 0. The van der Waals surface area contributed by atoms with Gasteiger partial charge in [-0.25, -0.2) is 0 Å². The Hall–Kier alpha value is -0.120. The van der Waals surface area contributed by atoms with E-state index in [-0.39, 0.29) is 6.10 Å². The van der Waals surface area contributed by atoms with Gasteiger partial charge in [0.25, 0.3) is 0 Å². The summed E-state index contributed by atoms with van der Waals surface area (Å²) < 4.78 is 5.34. The predicted octanol–water partition coefficient (Wildman–Crippen LogP) is 0.383. The van der Waals surface area contributed by atoms with Gasteiger partial charge in [0, 0.05) is 19.7 Å². The third-order valence-corrected chi connectivity index (χ3v) is 2.13. The summed E-state index contributed by atoms with van der Waals surface area (Å²) in [7, 11) is 0. The minimum Gasteiger partial charge on any atom is -0.392 e. The van der Waals surface area contributed by atoms with Gasteiger partial charge in [0.05, 0.1) is 12.7 Å². The average molecular weight is 173 g/mol. The van der Waals surface area contributed by atoms with Crippen molar-refractivity contribution in [3.63, 3.8) is 0 Å². The van der Waals surface area contributed by atoms with E-state index in [9.17, 15) is 0 Å². The number of aliphatic hydroxyl groups is 1. The van der Waals surface area contributed by atoms with E-state index in [0.717, 1.165) is 19.8 Å². The number of hydrogen-bond acceptors (Lipinski definition) is 3. The normalized spacial score (nSPS) is 27.0.